The van der Waals surface area contributed by atoms with Crippen molar-refractivity contribution in [2.45, 2.75) is 19.8 Å². The first-order chi connectivity index (χ1) is 12.2. The Bertz CT molecular complexity index is 753. The molecule has 1 aliphatic carbocycles. The molecule has 1 aliphatic heterocycles. The van der Waals surface area contributed by atoms with Gasteiger partial charge >= 0.3 is 0 Å². The Balaban J connectivity index is 1.44. The average molecular weight is 338 g/mol. The number of ether oxygens (including phenoxy) is 1. The molecule has 6 heteroatoms. The quantitative estimate of drug-likeness (QED) is 0.858. The number of aryl methyl sites for hydroxylation is 1. The summed E-state index contributed by atoms with van der Waals surface area (Å²) in [6, 6.07) is 11.5. The van der Waals surface area contributed by atoms with Crippen molar-refractivity contribution in [3.05, 3.63) is 42.2 Å². The molecule has 1 aromatic carbocycles. The largest absolute Gasteiger partial charge is 0.439 e. The first kappa shape index (κ1) is 15.9. The first-order valence-electron chi connectivity index (χ1n) is 8.81. The minimum Gasteiger partial charge on any atom is -0.439 e. The van der Waals surface area contributed by atoms with E-state index >= 15 is 0 Å². The summed E-state index contributed by atoms with van der Waals surface area (Å²) in [5.41, 5.74) is 0. The number of hydrogen-bond donors (Lipinski definition) is 0. The second kappa shape index (κ2) is 6.70. The third kappa shape index (κ3) is 3.73. The second-order valence-electron chi connectivity index (χ2n) is 6.61. The lowest BCUT2D eigenvalue weighted by molar-refractivity contribution is -0.132. The monoisotopic (exact) mass is 338 g/mol. The van der Waals surface area contributed by atoms with Gasteiger partial charge < -0.3 is 14.5 Å². The molecule has 1 aromatic heterocycles. The second-order valence-corrected chi connectivity index (χ2v) is 6.61. The number of rotatable bonds is 4. The predicted molar refractivity (Wildman–Crippen MR) is 94.8 cm³/mol. The highest BCUT2D eigenvalue weighted by atomic mass is 16.5. The van der Waals surface area contributed by atoms with Gasteiger partial charge in [0, 0.05) is 38.2 Å². The first-order valence-corrected chi connectivity index (χ1v) is 8.81. The molecule has 130 valence electrons. The number of amides is 1. The van der Waals surface area contributed by atoms with Gasteiger partial charge in [0.1, 0.15) is 17.4 Å². The maximum atomic E-state index is 12.2. The molecule has 2 fully saturated rings. The number of aromatic nitrogens is 2. The minimum absolute atomic E-state index is 0.290. The van der Waals surface area contributed by atoms with E-state index in [4.69, 9.17) is 4.74 Å². The number of hydrogen-bond acceptors (Lipinski definition) is 5. The van der Waals surface area contributed by atoms with Crippen LogP contribution in [0.25, 0.3) is 0 Å². The zero-order valence-corrected chi connectivity index (χ0v) is 14.4. The molecule has 0 bridgehead atoms. The van der Waals surface area contributed by atoms with Crippen molar-refractivity contribution in [1.29, 1.82) is 0 Å². The molecular weight excluding hydrogens is 316 g/mol. The molecule has 2 heterocycles. The smallest absolute Gasteiger partial charge is 0.225 e. The molecule has 25 heavy (non-hydrogen) atoms. The Morgan fingerprint density at radius 2 is 1.80 bits per heavy atom. The summed E-state index contributed by atoms with van der Waals surface area (Å²) in [6.07, 6.45) is 2.12. The van der Waals surface area contributed by atoms with Crippen LogP contribution in [0.5, 0.6) is 11.6 Å². The Morgan fingerprint density at radius 3 is 2.48 bits per heavy atom. The van der Waals surface area contributed by atoms with Crippen molar-refractivity contribution >= 4 is 11.7 Å². The Morgan fingerprint density at radius 1 is 1.08 bits per heavy atom. The molecule has 0 atom stereocenters. The average Bonchev–Trinajstić information content (AvgIpc) is 3.47. The van der Waals surface area contributed by atoms with Crippen LogP contribution in [0.2, 0.25) is 0 Å². The summed E-state index contributed by atoms with van der Waals surface area (Å²) >= 11 is 0. The maximum absolute atomic E-state index is 12.2. The number of anilines is 1. The van der Waals surface area contributed by atoms with Crippen LogP contribution in [0.4, 0.5) is 5.82 Å². The number of benzene rings is 1. The van der Waals surface area contributed by atoms with Gasteiger partial charge in [-0.15, -0.1) is 0 Å². The summed E-state index contributed by atoms with van der Waals surface area (Å²) in [5.74, 6) is 3.46. The molecule has 2 aliphatic rings. The molecule has 1 saturated carbocycles. The van der Waals surface area contributed by atoms with E-state index in [1.54, 1.807) is 0 Å². The van der Waals surface area contributed by atoms with Crippen molar-refractivity contribution in [2.24, 2.45) is 5.92 Å². The molecule has 6 nitrogen and oxygen atoms in total. The predicted octanol–water partition coefficient (Wildman–Crippen LogP) is 2.64. The third-order valence-corrected chi connectivity index (χ3v) is 4.61. The molecule has 0 spiro atoms. The fraction of sp³-hybridized carbons (Fsp3) is 0.421. The number of para-hydroxylation sites is 1. The maximum Gasteiger partial charge on any atom is 0.225 e. The van der Waals surface area contributed by atoms with Crippen LogP contribution in [-0.2, 0) is 4.79 Å². The minimum atomic E-state index is 0.290. The molecule has 0 N–H and O–H groups in total. The fourth-order valence-electron chi connectivity index (χ4n) is 3.09. The van der Waals surface area contributed by atoms with Crippen molar-refractivity contribution in [3.63, 3.8) is 0 Å². The van der Waals surface area contributed by atoms with Gasteiger partial charge in [-0.3, -0.25) is 4.79 Å². The van der Waals surface area contributed by atoms with E-state index in [-0.39, 0.29) is 0 Å². The molecule has 4 rings (SSSR count). The molecule has 2 aromatic rings. The highest BCUT2D eigenvalue weighted by molar-refractivity contribution is 5.81. The van der Waals surface area contributed by atoms with E-state index in [2.05, 4.69) is 14.9 Å². The highest BCUT2D eigenvalue weighted by Gasteiger charge is 2.34. The van der Waals surface area contributed by atoms with E-state index < -0.39 is 0 Å². The van der Waals surface area contributed by atoms with E-state index in [9.17, 15) is 4.79 Å². The number of nitrogens with zero attached hydrogens (tertiary/aromatic N) is 4. The molecular formula is C19H22N4O2. The standard InChI is InChI=1S/C19H22N4O2/c1-14-20-17(13-18(21-14)25-16-5-3-2-4-6-16)22-9-11-23(12-10-22)19(24)15-7-8-15/h2-6,13,15H,7-12H2,1H3. The van der Waals surface area contributed by atoms with Crippen LogP contribution in [0.15, 0.2) is 36.4 Å². The van der Waals surface area contributed by atoms with Crippen molar-refractivity contribution in [3.8, 4) is 11.6 Å². The van der Waals surface area contributed by atoms with Gasteiger partial charge in [-0.2, -0.15) is 4.98 Å². The summed E-state index contributed by atoms with van der Waals surface area (Å²) in [6.45, 7) is 4.97. The SMILES string of the molecule is Cc1nc(Oc2ccccc2)cc(N2CCN(C(=O)C3CC3)CC2)n1. The number of carbonyl (C=O) groups excluding carboxylic acids is 1. The lowest BCUT2D eigenvalue weighted by Gasteiger charge is -2.35. The lowest BCUT2D eigenvalue weighted by atomic mass is 10.2. The summed E-state index contributed by atoms with van der Waals surface area (Å²) in [4.78, 5) is 25.3. The van der Waals surface area contributed by atoms with Crippen LogP contribution >= 0.6 is 0 Å². The van der Waals surface area contributed by atoms with E-state index in [1.165, 1.54) is 0 Å². The molecule has 0 unspecified atom stereocenters. The van der Waals surface area contributed by atoms with Gasteiger partial charge in [-0.05, 0) is 31.9 Å². The van der Waals surface area contributed by atoms with E-state index in [0.29, 0.717) is 23.5 Å². The van der Waals surface area contributed by atoms with Crippen molar-refractivity contribution < 1.29 is 9.53 Å². The normalized spacial score (nSPS) is 17.5. The Labute approximate surface area is 147 Å². The Kier molecular flexibility index (Phi) is 4.26. The van der Waals surface area contributed by atoms with Crippen LogP contribution in [0, 0.1) is 12.8 Å². The van der Waals surface area contributed by atoms with Gasteiger partial charge in [0.05, 0.1) is 0 Å². The summed E-state index contributed by atoms with van der Waals surface area (Å²) in [5, 5.41) is 0. The van der Waals surface area contributed by atoms with Crippen LogP contribution < -0.4 is 9.64 Å². The van der Waals surface area contributed by atoms with Gasteiger partial charge in [0.15, 0.2) is 0 Å². The van der Waals surface area contributed by atoms with E-state index in [0.717, 1.165) is 50.6 Å². The Hall–Kier alpha value is -2.63. The fourth-order valence-corrected chi connectivity index (χ4v) is 3.09. The number of carbonyl (C=O) groups is 1. The van der Waals surface area contributed by atoms with Gasteiger partial charge in [0.2, 0.25) is 11.8 Å². The number of piperazine rings is 1. The molecule has 1 amide bonds. The zero-order chi connectivity index (χ0) is 17.2. The third-order valence-electron chi connectivity index (χ3n) is 4.61. The zero-order valence-electron chi connectivity index (χ0n) is 14.4. The van der Waals surface area contributed by atoms with Crippen molar-refractivity contribution in [2.75, 3.05) is 31.1 Å². The van der Waals surface area contributed by atoms with Crippen LogP contribution in [0.3, 0.4) is 0 Å². The van der Waals surface area contributed by atoms with Gasteiger partial charge in [0.25, 0.3) is 0 Å². The van der Waals surface area contributed by atoms with Gasteiger partial charge in [-0.25, -0.2) is 4.98 Å². The van der Waals surface area contributed by atoms with Gasteiger partial charge in [-0.1, -0.05) is 18.2 Å². The topological polar surface area (TPSA) is 58.6 Å². The summed E-state index contributed by atoms with van der Waals surface area (Å²) in [7, 11) is 0. The lowest BCUT2D eigenvalue weighted by Crippen LogP contribution is -2.49. The molecule has 1 saturated heterocycles. The van der Waals surface area contributed by atoms with E-state index in [1.807, 2.05) is 48.2 Å². The highest BCUT2D eigenvalue weighted by Crippen LogP contribution is 2.31. The van der Waals surface area contributed by atoms with Crippen LogP contribution in [-0.4, -0.2) is 47.0 Å². The summed E-state index contributed by atoms with van der Waals surface area (Å²) < 4.78 is 5.85. The van der Waals surface area contributed by atoms with Crippen LogP contribution in [0.1, 0.15) is 18.7 Å². The van der Waals surface area contributed by atoms with Crippen molar-refractivity contribution in [1.82, 2.24) is 14.9 Å². The molecule has 0 radical (unpaired) electrons.